The molecule has 17 heavy (non-hydrogen) atoms. The van der Waals surface area contributed by atoms with Crippen molar-refractivity contribution in [3.63, 3.8) is 0 Å². The molecule has 1 aliphatic rings. The number of benzene rings is 1. The van der Waals surface area contributed by atoms with E-state index in [4.69, 9.17) is 16.7 Å². The molecule has 0 atom stereocenters. The van der Waals surface area contributed by atoms with E-state index in [-0.39, 0.29) is 5.56 Å². The van der Waals surface area contributed by atoms with Gasteiger partial charge in [-0.3, -0.25) is 0 Å². The highest BCUT2D eigenvalue weighted by molar-refractivity contribution is 8.22. The Kier molecular flexibility index (Phi) is 4.20. The molecule has 0 saturated heterocycles. The Labute approximate surface area is 113 Å². The van der Waals surface area contributed by atoms with Crippen LogP contribution in [0.5, 0.6) is 0 Å². The van der Waals surface area contributed by atoms with E-state index < -0.39 is 5.97 Å². The fraction of sp³-hybridized carbons (Fsp3) is 0.0833. The first kappa shape index (κ1) is 12.6. The number of carbonyl (C=O) groups is 1. The predicted molar refractivity (Wildman–Crippen MR) is 75.3 cm³/mol. The van der Waals surface area contributed by atoms with Crippen LogP contribution in [0.3, 0.4) is 0 Å². The first-order chi connectivity index (χ1) is 8.16. The van der Waals surface area contributed by atoms with Gasteiger partial charge in [-0.1, -0.05) is 23.7 Å². The van der Waals surface area contributed by atoms with Gasteiger partial charge in [0.15, 0.2) is 0 Å². The second-order valence-corrected chi connectivity index (χ2v) is 6.12. The summed E-state index contributed by atoms with van der Waals surface area (Å²) >= 11 is 9.58. The van der Waals surface area contributed by atoms with Crippen molar-refractivity contribution in [1.82, 2.24) is 0 Å². The summed E-state index contributed by atoms with van der Waals surface area (Å²) in [5.41, 5.74) is 1.11. The standard InChI is InChI=1S/C12H9ClO2S2/c13-10(7-11-16-5-6-17-11)8-1-3-9(4-2-8)12(14)15/h1-7,11H,(H,14,15). The minimum atomic E-state index is -0.928. The van der Waals surface area contributed by atoms with Crippen molar-refractivity contribution in [1.29, 1.82) is 0 Å². The molecule has 1 aliphatic heterocycles. The van der Waals surface area contributed by atoms with Crippen molar-refractivity contribution in [2.24, 2.45) is 0 Å². The van der Waals surface area contributed by atoms with Crippen LogP contribution in [0, 0.1) is 0 Å². The van der Waals surface area contributed by atoms with Crippen molar-refractivity contribution < 1.29 is 9.90 Å². The highest BCUT2D eigenvalue weighted by Crippen LogP contribution is 2.36. The van der Waals surface area contributed by atoms with Crippen LogP contribution in [-0.4, -0.2) is 15.7 Å². The maximum absolute atomic E-state index is 10.7. The monoisotopic (exact) mass is 284 g/mol. The van der Waals surface area contributed by atoms with Gasteiger partial charge in [-0.05, 0) is 34.6 Å². The van der Waals surface area contributed by atoms with E-state index in [9.17, 15) is 4.79 Å². The Morgan fingerprint density at radius 1 is 1.18 bits per heavy atom. The van der Waals surface area contributed by atoms with E-state index in [0.29, 0.717) is 9.61 Å². The number of hydrogen-bond donors (Lipinski definition) is 1. The minimum Gasteiger partial charge on any atom is -0.478 e. The molecule has 0 aliphatic carbocycles. The van der Waals surface area contributed by atoms with E-state index in [1.165, 1.54) is 0 Å². The molecule has 2 nitrogen and oxygen atoms in total. The fourth-order valence-corrected chi connectivity index (χ4v) is 3.61. The van der Waals surface area contributed by atoms with Crippen molar-refractivity contribution in [2.45, 2.75) is 4.58 Å². The topological polar surface area (TPSA) is 37.3 Å². The Morgan fingerprint density at radius 3 is 2.24 bits per heavy atom. The molecule has 0 saturated carbocycles. The molecular formula is C12H9ClO2S2. The van der Waals surface area contributed by atoms with Gasteiger partial charge in [0.2, 0.25) is 0 Å². The lowest BCUT2D eigenvalue weighted by molar-refractivity contribution is 0.0697. The van der Waals surface area contributed by atoms with E-state index in [2.05, 4.69) is 0 Å². The van der Waals surface area contributed by atoms with Crippen LogP contribution in [-0.2, 0) is 0 Å². The Hall–Kier alpha value is -0.840. The van der Waals surface area contributed by atoms with Gasteiger partial charge in [-0.25, -0.2) is 4.79 Å². The molecule has 1 aromatic rings. The molecule has 0 amide bonds. The number of thioether (sulfide) groups is 2. The van der Waals surface area contributed by atoms with Crippen LogP contribution in [0.15, 0.2) is 41.2 Å². The normalized spacial score (nSPS) is 16.4. The van der Waals surface area contributed by atoms with Crippen LogP contribution >= 0.6 is 35.1 Å². The van der Waals surface area contributed by atoms with E-state index in [1.54, 1.807) is 47.8 Å². The molecular weight excluding hydrogens is 276 g/mol. The predicted octanol–water partition coefficient (Wildman–Crippen LogP) is 4.24. The molecule has 5 heteroatoms. The van der Waals surface area contributed by atoms with Crippen LogP contribution < -0.4 is 0 Å². The number of rotatable bonds is 3. The van der Waals surface area contributed by atoms with Crippen LogP contribution in [0.2, 0.25) is 0 Å². The van der Waals surface area contributed by atoms with Gasteiger partial charge in [0.25, 0.3) is 0 Å². The quantitative estimate of drug-likeness (QED) is 0.901. The van der Waals surface area contributed by atoms with Crippen LogP contribution in [0.4, 0.5) is 0 Å². The van der Waals surface area contributed by atoms with Crippen molar-refractivity contribution in [3.8, 4) is 0 Å². The Balaban J connectivity index is 2.13. The summed E-state index contributed by atoms with van der Waals surface area (Å²) in [6, 6.07) is 6.56. The maximum Gasteiger partial charge on any atom is 0.335 e. The summed E-state index contributed by atoms with van der Waals surface area (Å²) < 4.78 is 0.307. The van der Waals surface area contributed by atoms with Crippen LogP contribution in [0.25, 0.3) is 5.03 Å². The molecule has 0 aromatic heterocycles. The minimum absolute atomic E-state index is 0.268. The SMILES string of the molecule is O=C(O)c1ccc(C(Cl)=CC2SC=CS2)cc1. The van der Waals surface area contributed by atoms with E-state index in [1.807, 2.05) is 16.9 Å². The molecule has 1 aromatic carbocycles. The highest BCUT2D eigenvalue weighted by Gasteiger charge is 2.10. The third kappa shape index (κ3) is 3.31. The van der Waals surface area contributed by atoms with Gasteiger partial charge in [0, 0.05) is 5.03 Å². The number of halogens is 1. The van der Waals surface area contributed by atoms with E-state index >= 15 is 0 Å². The zero-order valence-electron chi connectivity index (χ0n) is 8.67. The van der Waals surface area contributed by atoms with Gasteiger partial charge in [0.1, 0.15) is 0 Å². The molecule has 88 valence electrons. The molecule has 2 rings (SSSR count). The second-order valence-electron chi connectivity index (χ2n) is 3.31. The lowest BCUT2D eigenvalue weighted by Crippen LogP contribution is -1.95. The molecule has 0 fully saturated rings. The van der Waals surface area contributed by atoms with Crippen LogP contribution in [0.1, 0.15) is 15.9 Å². The molecule has 0 spiro atoms. The summed E-state index contributed by atoms with van der Waals surface area (Å²) in [4.78, 5) is 10.7. The lowest BCUT2D eigenvalue weighted by atomic mass is 10.1. The third-order valence-corrected chi connectivity index (χ3v) is 4.75. The summed E-state index contributed by atoms with van der Waals surface area (Å²) in [6.07, 6.45) is 1.96. The molecule has 1 heterocycles. The maximum atomic E-state index is 10.7. The third-order valence-electron chi connectivity index (χ3n) is 2.17. The summed E-state index contributed by atoms with van der Waals surface area (Å²) in [5, 5.41) is 13.5. The van der Waals surface area contributed by atoms with Gasteiger partial charge in [0.05, 0.1) is 10.1 Å². The summed E-state index contributed by atoms with van der Waals surface area (Å²) in [5.74, 6) is -0.928. The fourth-order valence-electron chi connectivity index (χ4n) is 1.32. The molecule has 0 radical (unpaired) electrons. The Morgan fingerprint density at radius 2 is 1.71 bits per heavy atom. The number of aromatic carboxylic acids is 1. The number of carboxylic acid groups (broad SMARTS) is 1. The van der Waals surface area contributed by atoms with Crippen molar-refractivity contribution >= 4 is 46.1 Å². The molecule has 1 N–H and O–H groups in total. The average molecular weight is 285 g/mol. The first-order valence-corrected chi connectivity index (χ1v) is 7.10. The first-order valence-electron chi connectivity index (χ1n) is 4.84. The van der Waals surface area contributed by atoms with Crippen molar-refractivity contribution in [2.75, 3.05) is 0 Å². The van der Waals surface area contributed by atoms with Gasteiger partial charge in [-0.2, -0.15) is 0 Å². The van der Waals surface area contributed by atoms with Gasteiger partial charge in [-0.15, -0.1) is 23.5 Å². The summed E-state index contributed by atoms with van der Waals surface area (Å²) in [6.45, 7) is 0. The highest BCUT2D eigenvalue weighted by atomic mass is 35.5. The zero-order valence-corrected chi connectivity index (χ0v) is 11.1. The average Bonchev–Trinajstić information content (AvgIpc) is 2.82. The number of hydrogen-bond acceptors (Lipinski definition) is 3. The van der Waals surface area contributed by atoms with Gasteiger partial charge < -0.3 is 5.11 Å². The largest absolute Gasteiger partial charge is 0.478 e. The molecule has 0 bridgehead atoms. The molecule has 0 unspecified atom stereocenters. The Bertz CT molecular complexity index is 472. The second kappa shape index (κ2) is 5.67. The van der Waals surface area contributed by atoms with E-state index in [0.717, 1.165) is 5.56 Å². The smallest absolute Gasteiger partial charge is 0.335 e. The summed E-state index contributed by atoms with van der Waals surface area (Å²) in [7, 11) is 0. The lowest BCUT2D eigenvalue weighted by Gasteiger charge is -2.04. The number of carboxylic acids is 1. The zero-order chi connectivity index (χ0) is 12.3. The van der Waals surface area contributed by atoms with Gasteiger partial charge >= 0.3 is 5.97 Å². The van der Waals surface area contributed by atoms with Crippen molar-refractivity contribution in [3.05, 3.63) is 52.3 Å².